The van der Waals surface area contributed by atoms with Gasteiger partial charge in [0, 0.05) is 0 Å². The molecule has 0 amide bonds. The third-order valence-corrected chi connectivity index (χ3v) is 2.39. The molecule has 70 valence electrons. The van der Waals surface area contributed by atoms with Crippen molar-refractivity contribution in [2.24, 2.45) is 0 Å². The van der Waals surface area contributed by atoms with Gasteiger partial charge in [-0.25, -0.2) is 4.79 Å². The average Bonchev–Trinajstić information content (AvgIpc) is 2.13. The zero-order valence-corrected chi connectivity index (χ0v) is 8.61. The Balaban J connectivity index is 3.26. The number of carbonyl (C=O) groups is 1. The van der Waals surface area contributed by atoms with E-state index in [1.54, 1.807) is 0 Å². The van der Waals surface area contributed by atoms with Crippen molar-refractivity contribution in [3.8, 4) is 0 Å². The van der Waals surface area contributed by atoms with Gasteiger partial charge in [0.1, 0.15) is 5.02 Å². The van der Waals surface area contributed by atoms with Crippen molar-refractivity contribution in [3.05, 3.63) is 20.9 Å². The van der Waals surface area contributed by atoms with Gasteiger partial charge in [-0.1, -0.05) is 34.8 Å². The Kier molecular flexibility index (Phi) is 3.30. The average molecular weight is 241 g/mol. The number of halogens is 3. The van der Waals surface area contributed by atoms with Gasteiger partial charge in [0.05, 0.1) is 12.1 Å². The Hall–Kier alpha value is -0.580. The van der Waals surface area contributed by atoms with Crippen LogP contribution in [0.2, 0.25) is 15.2 Å². The summed E-state index contributed by atoms with van der Waals surface area (Å²) in [5.74, 6) is -0.712. The molecule has 0 aromatic carbocycles. The number of hydrogen-bond acceptors (Lipinski definition) is 4. The fourth-order valence-electron chi connectivity index (χ4n) is 0.603. The molecule has 1 rings (SSSR count). The van der Waals surface area contributed by atoms with Gasteiger partial charge >= 0.3 is 5.97 Å². The van der Waals surface area contributed by atoms with Gasteiger partial charge in [-0.2, -0.15) is 0 Å². The first kappa shape index (κ1) is 10.5. The van der Waals surface area contributed by atoms with Gasteiger partial charge in [-0.05, 0) is 0 Å². The maximum absolute atomic E-state index is 11.0. The summed E-state index contributed by atoms with van der Waals surface area (Å²) in [6.45, 7) is 0. The molecule has 0 aliphatic rings. The van der Waals surface area contributed by atoms with Crippen LogP contribution in [-0.4, -0.2) is 23.3 Å². The highest BCUT2D eigenvalue weighted by atomic mass is 35.5. The maximum atomic E-state index is 11.0. The summed E-state index contributed by atoms with van der Waals surface area (Å²) < 4.78 is 4.38. The van der Waals surface area contributed by atoms with Crippen LogP contribution in [0.5, 0.6) is 0 Å². The van der Waals surface area contributed by atoms with Crippen molar-refractivity contribution in [2.45, 2.75) is 0 Å². The van der Waals surface area contributed by atoms with Crippen LogP contribution in [0, 0.1) is 0 Å². The smallest absolute Gasteiger partial charge is 0.360 e. The Morgan fingerprint density at radius 2 is 1.85 bits per heavy atom. The minimum absolute atomic E-state index is 0.0151. The summed E-state index contributed by atoms with van der Waals surface area (Å²) in [4.78, 5) is 11.0. The lowest BCUT2D eigenvalue weighted by atomic mass is 10.4. The van der Waals surface area contributed by atoms with E-state index < -0.39 is 5.97 Å². The fraction of sp³-hybridized carbons (Fsp3) is 0.167. The molecule has 0 fully saturated rings. The van der Waals surface area contributed by atoms with Gasteiger partial charge in [-0.3, -0.25) is 0 Å². The van der Waals surface area contributed by atoms with E-state index in [2.05, 4.69) is 14.9 Å². The first-order chi connectivity index (χ1) is 6.07. The number of rotatable bonds is 1. The largest absolute Gasteiger partial charge is 0.464 e. The highest BCUT2D eigenvalue weighted by Gasteiger charge is 2.18. The molecule has 1 aromatic heterocycles. The first-order valence-electron chi connectivity index (χ1n) is 3.03. The van der Waals surface area contributed by atoms with Crippen molar-refractivity contribution in [1.29, 1.82) is 0 Å². The van der Waals surface area contributed by atoms with E-state index in [9.17, 15) is 4.79 Å². The molecular formula is C6H3Cl3N2O2. The molecule has 0 radical (unpaired) electrons. The number of methoxy groups -OCH3 is 1. The van der Waals surface area contributed by atoms with Crippen LogP contribution < -0.4 is 0 Å². The number of aromatic nitrogens is 2. The molecule has 0 saturated carbocycles. The Labute approximate surface area is 88.8 Å². The Bertz CT molecular complexity index is 356. The molecule has 0 saturated heterocycles. The highest BCUT2D eigenvalue weighted by molar-refractivity contribution is 6.48. The van der Waals surface area contributed by atoms with Crippen molar-refractivity contribution < 1.29 is 9.53 Å². The molecular weight excluding hydrogens is 238 g/mol. The van der Waals surface area contributed by atoms with Crippen LogP contribution in [-0.2, 0) is 4.74 Å². The van der Waals surface area contributed by atoms with Crippen molar-refractivity contribution >= 4 is 40.8 Å². The molecule has 0 unspecified atom stereocenters. The lowest BCUT2D eigenvalue weighted by Gasteiger charge is -2.01. The first-order valence-corrected chi connectivity index (χ1v) is 4.16. The Morgan fingerprint density at radius 3 is 2.38 bits per heavy atom. The standard InChI is InChI=1S/C6H3Cl3N2O2/c1-13-6(12)4-2(7)3(8)5(9)11-10-4/h1H3. The molecule has 0 bridgehead atoms. The molecule has 13 heavy (non-hydrogen) atoms. The second-order valence-corrected chi connectivity index (χ2v) is 3.07. The quantitative estimate of drug-likeness (QED) is 0.708. The van der Waals surface area contributed by atoms with Crippen LogP contribution in [0.25, 0.3) is 0 Å². The summed E-state index contributed by atoms with van der Waals surface area (Å²) in [5.41, 5.74) is -0.154. The SMILES string of the molecule is COC(=O)c1nnc(Cl)c(Cl)c1Cl. The molecule has 4 nitrogen and oxygen atoms in total. The van der Waals surface area contributed by atoms with Crippen LogP contribution in [0.4, 0.5) is 0 Å². The molecule has 0 aliphatic heterocycles. The Morgan fingerprint density at radius 1 is 1.23 bits per heavy atom. The zero-order chi connectivity index (χ0) is 10.0. The summed E-state index contributed by atoms with van der Waals surface area (Å²) in [6, 6.07) is 0. The van der Waals surface area contributed by atoms with Gasteiger partial charge in [0.2, 0.25) is 0 Å². The van der Waals surface area contributed by atoms with Crippen LogP contribution in [0.15, 0.2) is 0 Å². The number of esters is 1. The van der Waals surface area contributed by atoms with E-state index in [0.29, 0.717) is 0 Å². The van der Waals surface area contributed by atoms with Gasteiger partial charge in [0.25, 0.3) is 0 Å². The van der Waals surface area contributed by atoms with Gasteiger partial charge in [-0.15, -0.1) is 10.2 Å². The van der Waals surface area contributed by atoms with E-state index in [4.69, 9.17) is 34.8 Å². The number of nitrogens with zero attached hydrogens (tertiary/aromatic N) is 2. The topological polar surface area (TPSA) is 52.1 Å². The lowest BCUT2D eigenvalue weighted by molar-refractivity contribution is 0.0593. The van der Waals surface area contributed by atoms with Gasteiger partial charge < -0.3 is 4.74 Å². The van der Waals surface area contributed by atoms with E-state index in [1.807, 2.05) is 0 Å². The van der Waals surface area contributed by atoms with E-state index in [1.165, 1.54) is 7.11 Å². The molecule has 0 spiro atoms. The summed E-state index contributed by atoms with van der Waals surface area (Å²) in [7, 11) is 1.20. The molecule has 0 aliphatic carbocycles. The third-order valence-electron chi connectivity index (χ3n) is 1.20. The molecule has 7 heteroatoms. The highest BCUT2D eigenvalue weighted by Crippen LogP contribution is 2.29. The number of ether oxygens (including phenoxy) is 1. The summed E-state index contributed by atoms with van der Waals surface area (Å²) >= 11 is 16.8. The van der Waals surface area contributed by atoms with E-state index in [0.717, 1.165) is 0 Å². The lowest BCUT2D eigenvalue weighted by Crippen LogP contribution is -2.07. The van der Waals surface area contributed by atoms with Crippen molar-refractivity contribution in [1.82, 2.24) is 10.2 Å². The molecule has 1 aromatic rings. The summed E-state index contributed by atoms with van der Waals surface area (Å²) in [5, 5.41) is 6.71. The van der Waals surface area contributed by atoms with Crippen molar-refractivity contribution in [3.63, 3.8) is 0 Å². The minimum atomic E-state index is -0.712. The second-order valence-electron chi connectivity index (χ2n) is 1.96. The fourth-order valence-corrected chi connectivity index (χ4v) is 1.12. The molecule has 1 heterocycles. The van der Waals surface area contributed by atoms with Gasteiger partial charge in [0.15, 0.2) is 10.8 Å². The monoisotopic (exact) mass is 240 g/mol. The van der Waals surface area contributed by atoms with E-state index >= 15 is 0 Å². The number of carbonyl (C=O) groups excluding carboxylic acids is 1. The van der Waals surface area contributed by atoms with Crippen LogP contribution in [0.3, 0.4) is 0 Å². The predicted octanol–water partition coefficient (Wildman–Crippen LogP) is 2.22. The predicted molar refractivity (Wildman–Crippen MR) is 48.4 cm³/mol. The molecule has 0 N–H and O–H groups in total. The summed E-state index contributed by atoms with van der Waals surface area (Å²) in [6.07, 6.45) is 0. The van der Waals surface area contributed by atoms with Crippen LogP contribution >= 0.6 is 34.8 Å². The normalized spacial score (nSPS) is 9.85. The van der Waals surface area contributed by atoms with Crippen LogP contribution in [0.1, 0.15) is 10.5 Å². The molecule has 0 atom stereocenters. The third kappa shape index (κ3) is 2.02. The zero-order valence-electron chi connectivity index (χ0n) is 6.34. The number of hydrogen-bond donors (Lipinski definition) is 0. The maximum Gasteiger partial charge on any atom is 0.360 e. The van der Waals surface area contributed by atoms with E-state index in [-0.39, 0.29) is 20.9 Å². The minimum Gasteiger partial charge on any atom is -0.464 e. The van der Waals surface area contributed by atoms with Crippen molar-refractivity contribution in [2.75, 3.05) is 7.11 Å². The second kappa shape index (κ2) is 4.09.